The van der Waals surface area contributed by atoms with Crippen molar-refractivity contribution in [2.75, 3.05) is 17.4 Å². The van der Waals surface area contributed by atoms with E-state index in [1.165, 1.54) is 6.08 Å². The predicted octanol–water partition coefficient (Wildman–Crippen LogP) is 4.63. The molecule has 3 aromatic carbocycles. The lowest BCUT2D eigenvalue weighted by Crippen LogP contribution is -2.07. The molecule has 0 bridgehead atoms. The number of aromatic nitrogens is 2. The van der Waals surface area contributed by atoms with Gasteiger partial charge in [0.1, 0.15) is 6.79 Å². The summed E-state index contributed by atoms with van der Waals surface area (Å²) in [7, 11) is 0. The van der Waals surface area contributed by atoms with Crippen LogP contribution in [-0.2, 0) is 16.1 Å². The van der Waals surface area contributed by atoms with Gasteiger partial charge in [0, 0.05) is 28.5 Å². The number of benzene rings is 3. The Morgan fingerprint density at radius 3 is 2.66 bits per heavy atom. The maximum atomic E-state index is 11.7. The Morgan fingerprint density at radius 1 is 1.06 bits per heavy atom. The molecule has 0 fully saturated rings. The molecule has 1 heterocycles. The fraction of sp³-hybridized carbons (Fsp3) is 0.0800. The maximum absolute atomic E-state index is 11.7. The molecule has 7 heteroatoms. The Bertz CT molecular complexity index is 1260. The third-order valence-electron chi connectivity index (χ3n) is 4.81. The second kappa shape index (κ2) is 9.82. The summed E-state index contributed by atoms with van der Waals surface area (Å²) in [6.07, 6.45) is 3.02. The highest BCUT2D eigenvalue weighted by molar-refractivity contribution is 6.00. The van der Waals surface area contributed by atoms with Crippen molar-refractivity contribution in [2.24, 2.45) is 0 Å². The topological polar surface area (TPSA) is 96.4 Å². The minimum atomic E-state index is -0.309. The SMILES string of the molecule is C=CC(=O)Nc1cccc(-c2cccc3cnc(Nc4ccc(COCO)cc4)nc23)c1. The minimum absolute atomic E-state index is 0.261. The number of nitrogens with one attached hydrogen (secondary N) is 2. The third kappa shape index (κ3) is 4.97. The molecule has 0 saturated heterocycles. The zero-order chi connectivity index (χ0) is 22.3. The maximum Gasteiger partial charge on any atom is 0.247 e. The standard InChI is InChI=1S/C25H22N4O3/c1-2-23(31)27-21-7-3-5-18(13-21)22-8-4-6-19-14-26-25(29-24(19)22)28-20-11-9-17(10-12-20)15-32-16-30/h2-14,30H,1,15-16H2,(H,27,31)(H,26,28,29). The number of aliphatic hydroxyl groups is 1. The van der Waals surface area contributed by atoms with Crippen LogP contribution in [0.5, 0.6) is 0 Å². The van der Waals surface area contributed by atoms with Crippen LogP contribution in [0.15, 0.2) is 85.6 Å². The van der Waals surface area contributed by atoms with Gasteiger partial charge in [-0.1, -0.05) is 49.0 Å². The van der Waals surface area contributed by atoms with E-state index >= 15 is 0 Å². The van der Waals surface area contributed by atoms with E-state index in [0.717, 1.165) is 33.3 Å². The molecule has 0 spiro atoms. The van der Waals surface area contributed by atoms with Gasteiger partial charge >= 0.3 is 0 Å². The molecule has 0 radical (unpaired) electrons. The summed E-state index contributed by atoms with van der Waals surface area (Å²) in [6, 6.07) is 21.1. The van der Waals surface area contributed by atoms with Gasteiger partial charge in [0.05, 0.1) is 12.1 Å². The summed E-state index contributed by atoms with van der Waals surface area (Å²) < 4.78 is 5.00. The van der Waals surface area contributed by atoms with E-state index in [9.17, 15) is 4.79 Å². The van der Waals surface area contributed by atoms with Crippen molar-refractivity contribution in [1.29, 1.82) is 0 Å². The molecule has 32 heavy (non-hydrogen) atoms. The quantitative estimate of drug-likeness (QED) is 0.281. The van der Waals surface area contributed by atoms with Crippen LogP contribution in [0, 0.1) is 0 Å². The smallest absolute Gasteiger partial charge is 0.247 e. The van der Waals surface area contributed by atoms with Crippen LogP contribution in [0.3, 0.4) is 0 Å². The van der Waals surface area contributed by atoms with Gasteiger partial charge < -0.3 is 20.5 Å². The minimum Gasteiger partial charge on any atom is -0.371 e. The average molecular weight is 426 g/mol. The molecule has 1 aromatic heterocycles. The van der Waals surface area contributed by atoms with Crippen molar-refractivity contribution < 1.29 is 14.6 Å². The van der Waals surface area contributed by atoms with Gasteiger partial charge in [0.15, 0.2) is 0 Å². The van der Waals surface area contributed by atoms with Crippen molar-refractivity contribution in [2.45, 2.75) is 6.61 Å². The van der Waals surface area contributed by atoms with Crippen molar-refractivity contribution >= 4 is 34.1 Å². The van der Waals surface area contributed by atoms with E-state index in [0.29, 0.717) is 18.2 Å². The number of aliphatic hydroxyl groups excluding tert-OH is 1. The van der Waals surface area contributed by atoms with Crippen molar-refractivity contribution in [3.05, 3.63) is 91.1 Å². The Balaban J connectivity index is 1.63. The molecule has 0 saturated carbocycles. The average Bonchev–Trinajstić information content (AvgIpc) is 2.83. The number of hydrogen-bond donors (Lipinski definition) is 3. The summed E-state index contributed by atoms with van der Waals surface area (Å²) in [5.74, 6) is 0.211. The number of para-hydroxylation sites is 1. The summed E-state index contributed by atoms with van der Waals surface area (Å²) in [6.45, 7) is 3.53. The van der Waals surface area contributed by atoms with Crippen molar-refractivity contribution in [3.63, 3.8) is 0 Å². The third-order valence-corrected chi connectivity index (χ3v) is 4.81. The normalized spacial score (nSPS) is 10.7. The van der Waals surface area contributed by atoms with E-state index in [2.05, 4.69) is 22.2 Å². The molecule has 7 nitrogen and oxygen atoms in total. The summed E-state index contributed by atoms with van der Waals surface area (Å²) in [4.78, 5) is 20.8. The van der Waals surface area contributed by atoms with Crippen LogP contribution in [0.1, 0.15) is 5.56 Å². The van der Waals surface area contributed by atoms with Crippen LogP contribution in [-0.4, -0.2) is 27.8 Å². The van der Waals surface area contributed by atoms with E-state index < -0.39 is 0 Å². The largest absolute Gasteiger partial charge is 0.371 e. The fourth-order valence-corrected chi connectivity index (χ4v) is 3.28. The molecule has 4 rings (SSSR count). The van der Waals surface area contributed by atoms with Gasteiger partial charge in [-0.15, -0.1) is 0 Å². The first-order chi connectivity index (χ1) is 15.7. The number of rotatable bonds is 8. The predicted molar refractivity (Wildman–Crippen MR) is 125 cm³/mol. The Morgan fingerprint density at radius 2 is 1.88 bits per heavy atom. The molecule has 3 N–H and O–H groups in total. The van der Waals surface area contributed by atoms with Gasteiger partial charge in [-0.3, -0.25) is 4.79 Å². The van der Waals surface area contributed by atoms with Crippen LogP contribution in [0.25, 0.3) is 22.0 Å². The van der Waals surface area contributed by atoms with E-state index in [1.54, 1.807) is 6.20 Å². The second-order valence-electron chi connectivity index (χ2n) is 7.01. The number of hydrogen-bond acceptors (Lipinski definition) is 6. The number of amides is 1. The molecular formula is C25H22N4O3. The number of carbonyl (C=O) groups is 1. The van der Waals surface area contributed by atoms with Crippen molar-refractivity contribution in [1.82, 2.24) is 9.97 Å². The Kier molecular flexibility index (Phi) is 6.50. The van der Waals surface area contributed by atoms with Crippen molar-refractivity contribution in [3.8, 4) is 11.1 Å². The molecule has 0 aliphatic carbocycles. The van der Waals surface area contributed by atoms with Gasteiger partial charge in [0.25, 0.3) is 0 Å². The molecule has 0 aliphatic rings. The summed E-state index contributed by atoms with van der Waals surface area (Å²) in [5.41, 5.74) is 5.13. The highest BCUT2D eigenvalue weighted by Gasteiger charge is 2.09. The second-order valence-corrected chi connectivity index (χ2v) is 7.01. The first kappa shape index (κ1) is 21.2. The lowest BCUT2D eigenvalue weighted by atomic mass is 10.0. The zero-order valence-corrected chi connectivity index (χ0v) is 17.3. The highest BCUT2D eigenvalue weighted by Crippen LogP contribution is 2.30. The first-order valence-electron chi connectivity index (χ1n) is 10.0. The van der Waals surface area contributed by atoms with E-state index in [1.807, 2.05) is 66.7 Å². The molecule has 160 valence electrons. The summed E-state index contributed by atoms with van der Waals surface area (Å²) in [5, 5.41) is 15.7. The lowest BCUT2D eigenvalue weighted by Gasteiger charge is -2.11. The Labute approximate surface area is 185 Å². The number of nitrogens with zero attached hydrogens (tertiary/aromatic N) is 2. The van der Waals surface area contributed by atoms with Crippen LogP contribution >= 0.6 is 0 Å². The fourth-order valence-electron chi connectivity index (χ4n) is 3.28. The number of fused-ring (bicyclic) bond motifs is 1. The molecule has 0 unspecified atom stereocenters. The van der Waals surface area contributed by atoms with Gasteiger partial charge in [-0.25, -0.2) is 9.97 Å². The first-order valence-corrected chi connectivity index (χ1v) is 10.0. The molecule has 4 aromatic rings. The van der Waals surface area contributed by atoms with Gasteiger partial charge in [-0.2, -0.15) is 0 Å². The summed E-state index contributed by atoms with van der Waals surface area (Å²) >= 11 is 0. The van der Waals surface area contributed by atoms with Crippen LogP contribution in [0.2, 0.25) is 0 Å². The molecule has 0 atom stereocenters. The van der Waals surface area contributed by atoms with E-state index in [-0.39, 0.29) is 12.7 Å². The van der Waals surface area contributed by atoms with Crippen LogP contribution < -0.4 is 10.6 Å². The number of ether oxygens (including phenoxy) is 1. The Hall–Kier alpha value is -4.07. The highest BCUT2D eigenvalue weighted by atomic mass is 16.6. The van der Waals surface area contributed by atoms with Gasteiger partial charge in [-0.05, 0) is 41.5 Å². The van der Waals surface area contributed by atoms with Crippen LogP contribution in [0.4, 0.5) is 17.3 Å². The van der Waals surface area contributed by atoms with E-state index in [4.69, 9.17) is 14.8 Å². The lowest BCUT2D eigenvalue weighted by molar-refractivity contribution is -0.111. The molecular weight excluding hydrogens is 404 g/mol. The number of anilines is 3. The monoisotopic (exact) mass is 426 g/mol. The van der Waals surface area contributed by atoms with Gasteiger partial charge in [0.2, 0.25) is 11.9 Å². The zero-order valence-electron chi connectivity index (χ0n) is 17.3. The number of carbonyl (C=O) groups excluding carboxylic acids is 1. The molecule has 0 aliphatic heterocycles. The molecule has 1 amide bonds.